The van der Waals surface area contributed by atoms with E-state index in [0.29, 0.717) is 26.7 Å². The molecular weight excluding hydrogens is 696 g/mol. The van der Waals surface area contributed by atoms with Crippen LogP contribution in [0.1, 0.15) is 74.3 Å². The molecule has 2 fully saturated rings. The largest absolute Gasteiger partial charge is 0.306 e. The Morgan fingerprint density at radius 1 is 0.750 bits per heavy atom. The molecule has 6 rings (SSSR count). The highest BCUT2D eigenvalue weighted by Crippen LogP contribution is 2.37. The first-order valence-electron chi connectivity index (χ1n) is 13.8. The smallest absolute Gasteiger partial charge is 0.254 e. The molecule has 0 spiro atoms. The van der Waals surface area contributed by atoms with E-state index in [1.807, 2.05) is 0 Å². The Kier molecular flexibility index (Phi) is 13.0. The van der Waals surface area contributed by atoms with Crippen molar-refractivity contribution < 1.29 is 13.0 Å². The molecule has 1 N–H and O–H groups in total. The number of aromatic amines is 1. The van der Waals surface area contributed by atoms with Crippen molar-refractivity contribution in [1.82, 2.24) is 19.9 Å². The van der Waals surface area contributed by atoms with Crippen LogP contribution in [0.25, 0.3) is 22.8 Å². The lowest BCUT2D eigenvalue weighted by Crippen LogP contribution is -2.17. The third-order valence-corrected chi connectivity index (χ3v) is 8.31. The van der Waals surface area contributed by atoms with E-state index in [-0.39, 0.29) is 34.3 Å². The first-order chi connectivity index (χ1) is 21.0. The molecule has 2 aliphatic rings. The van der Waals surface area contributed by atoms with Crippen LogP contribution >= 0.6 is 56.2 Å². The average molecular weight is 723 g/mol. The molecule has 0 bridgehead atoms. The molecule has 6 nitrogen and oxygen atoms in total. The molecule has 0 radical (unpaired) electrons. The first kappa shape index (κ1) is 34.7. The van der Waals surface area contributed by atoms with Crippen molar-refractivity contribution in [1.29, 1.82) is 0 Å². The van der Waals surface area contributed by atoms with Crippen LogP contribution in [0.3, 0.4) is 0 Å². The second kappa shape index (κ2) is 16.4. The van der Waals surface area contributed by atoms with Gasteiger partial charge in [-0.25, -0.2) is 27.9 Å². The maximum absolute atomic E-state index is 13.8. The van der Waals surface area contributed by atoms with E-state index in [0.717, 1.165) is 44.1 Å². The summed E-state index contributed by atoms with van der Waals surface area (Å²) in [4.78, 5) is 27.5. The standard InChI is InChI=1S/C15H13Cl2FN2.C15H14ClFN2O.Cl2OS/c16-10-5-6-13(18)11(7-10)15-19-8-12(14(17)20-15)9-3-1-2-4-9;16-10-5-6-13(17)11(7-10)14-18-8-12(15(20)19-14)9-3-1-2-4-9;1-4(2)3/h5-9H,1-4H2;5-9H,1-4H2,(H,18,19,20);. The molecule has 44 heavy (non-hydrogen) atoms. The molecule has 234 valence electrons. The van der Waals surface area contributed by atoms with Crippen molar-refractivity contribution in [3.63, 3.8) is 0 Å². The van der Waals surface area contributed by atoms with Gasteiger partial charge in [-0.15, -0.1) is 0 Å². The zero-order valence-corrected chi connectivity index (χ0v) is 27.7. The summed E-state index contributed by atoms with van der Waals surface area (Å²) in [5, 5.41) is 1.27. The highest BCUT2D eigenvalue weighted by atomic mass is 36.0. The maximum atomic E-state index is 13.8. The summed E-state index contributed by atoms with van der Waals surface area (Å²) >= 11 is 18.0. The van der Waals surface area contributed by atoms with Gasteiger partial charge in [-0.2, -0.15) is 0 Å². The number of aromatic nitrogens is 4. The molecule has 2 aromatic carbocycles. The number of hydrogen-bond donors (Lipinski definition) is 1. The lowest BCUT2D eigenvalue weighted by molar-refractivity contribution is 0.629. The van der Waals surface area contributed by atoms with E-state index in [1.165, 1.54) is 49.2 Å². The van der Waals surface area contributed by atoms with E-state index in [4.69, 9.17) is 39.0 Å². The van der Waals surface area contributed by atoms with Crippen LogP contribution in [-0.4, -0.2) is 24.1 Å². The van der Waals surface area contributed by atoms with Crippen LogP contribution in [0.4, 0.5) is 8.78 Å². The Balaban J connectivity index is 0.000000179. The maximum Gasteiger partial charge on any atom is 0.254 e. The number of nitrogens with zero attached hydrogens (tertiary/aromatic N) is 3. The van der Waals surface area contributed by atoms with Crippen LogP contribution in [-0.2, 0) is 9.23 Å². The number of nitrogens with one attached hydrogen (secondary N) is 1. The van der Waals surface area contributed by atoms with Gasteiger partial charge in [0.2, 0.25) is 9.23 Å². The summed E-state index contributed by atoms with van der Waals surface area (Å²) in [6.07, 6.45) is 12.3. The van der Waals surface area contributed by atoms with E-state index in [2.05, 4.69) is 41.3 Å². The Morgan fingerprint density at radius 2 is 1.23 bits per heavy atom. The van der Waals surface area contributed by atoms with Crippen molar-refractivity contribution in [3.05, 3.63) is 97.1 Å². The van der Waals surface area contributed by atoms with Gasteiger partial charge in [0.05, 0.1) is 11.1 Å². The number of hydrogen-bond acceptors (Lipinski definition) is 5. The summed E-state index contributed by atoms with van der Waals surface area (Å²) < 4.78 is 36.7. The molecule has 4 aromatic rings. The van der Waals surface area contributed by atoms with Crippen LogP contribution in [0.5, 0.6) is 0 Å². The molecule has 0 atom stereocenters. The fourth-order valence-electron chi connectivity index (χ4n) is 5.43. The van der Waals surface area contributed by atoms with Gasteiger partial charge in [0.1, 0.15) is 22.6 Å². The highest BCUT2D eigenvalue weighted by Gasteiger charge is 2.22. The SMILES string of the molecule is Fc1ccc(Cl)cc1-c1ncc(C2CCCC2)c(Cl)n1.O=S(Cl)Cl.O=c1[nH]c(-c2cc(Cl)ccc2F)ncc1C1CCCC1. The predicted octanol–water partition coefficient (Wildman–Crippen LogP) is 10.2. The van der Waals surface area contributed by atoms with E-state index in [1.54, 1.807) is 12.4 Å². The Labute approximate surface area is 280 Å². The number of halogens is 7. The van der Waals surface area contributed by atoms with Crippen molar-refractivity contribution >= 4 is 65.4 Å². The summed E-state index contributed by atoms with van der Waals surface area (Å²) in [6.45, 7) is 0. The fourth-order valence-corrected chi connectivity index (χ4v) is 6.06. The summed E-state index contributed by atoms with van der Waals surface area (Å²) in [5.41, 5.74) is 1.98. The van der Waals surface area contributed by atoms with Gasteiger partial charge in [-0.05, 0) is 73.9 Å². The van der Waals surface area contributed by atoms with Gasteiger partial charge in [-0.3, -0.25) is 4.79 Å². The van der Waals surface area contributed by atoms with Crippen molar-refractivity contribution in [2.45, 2.75) is 63.2 Å². The number of rotatable bonds is 4. The summed E-state index contributed by atoms with van der Waals surface area (Å²) in [7, 11) is 7.36. The minimum atomic E-state index is -1.67. The second-order valence-corrected chi connectivity index (χ2v) is 14.1. The number of benzene rings is 2. The highest BCUT2D eigenvalue weighted by molar-refractivity contribution is 8.26. The quantitative estimate of drug-likeness (QED) is 0.167. The summed E-state index contributed by atoms with van der Waals surface area (Å²) in [6, 6.07) is 8.50. The van der Waals surface area contributed by atoms with Gasteiger partial charge in [-0.1, -0.05) is 60.5 Å². The molecule has 0 amide bonds. The van der Waals surface area contributed by atoms with Gasteiger partial charge in [0.15, 0.2) is 5.82 Å². The normalized spacial score (nSPS) is 15.1. The molecule has 2 heterocycles. The second-order valence-electron chi connectivity index (χ2n) is 10.4. The van der Waals surface area contributed by atoms with Crippen molar-refractivity contribution in [2.24, 2.45) is 0 Å². The fraction of sp³-hybridized carbons (Fsp3) is 0.333. The topological polar surface area (TPSA) is 88.6 Å². The Hall–Kier alpha value is -2.14. The summed E-state index contributed by atoms with van der Waals surface area (Å²) in [5.74, 6) is 0.351. The zero-order chi connectivity index (χ0) is 31.8. The Bertz CT molecular complexity index is 1680. The lowest BCUT2D eigenvalue weighted by atomic mass is 10.0. The van der Waals surface area contributed by atoms with Crippen LogP contribution in [0.15, 0.2) is 53.6 Å². The average Bonchev–Trinajstić information content (AvgIpc) is 3.71. The monoisotopic (exact) mass is 720 g/mol. The molecule has 0 unspecified atom stereocenters. The van der Waals surface area contributed by atoms with Crippen LogP contribution in [0.2, 0.25) is 15.2 Å². The first-order valence-corrected chi connectivity index (χ1v) is 17.7. The molecule has 0 aliphatic heterocycles. The molecule has 14 heteroatoms. The van der Waals surface area contributed by atoms with Gasteiger partial charge < -0.3 is 4.98 Å². The zero-order valence-electron chi connectivity index (χ0n) is 23.1. The lowest BCUT2D eigenvalue weighted by Gasteiger charge is -2.11. The van der Waals surface area contributed by atoms with Crippen molar-refractivity contribution in [2.75, 3.05) is 0 Å². The molecule has 2 aromatic heterocycles. The van der Waals surface area contributed by atoms with Crippen molar-refractivity contribution in [3.8, 4) is 22.8 Å². The van der Waals surface area contributed by atoms with E-state index < -0.39 is 20.9 Å². The van der Waals surface area contributed by atoms with Gasteiger partial charge >= 0.3 is 0 Å². The van der Waals surface area contributed by atoms with Gasteiger partial charge in [0.25, 0.3) is 5.56 Å². The third kappa shape index (κ3) is 9.44. The minimum absolute atomic E-state index is 0.179. The Morgan fingerprint density at radius 3 is 1.75 bits per heavy atom. The minimum Gasteiger partial charge on any atom is -0.306 e. The van der Waals surface area contributed by atoms with Crippen LogP contribution < -0.4 is 5.56 Å². The molecule has 2 aliphatic carbocycles. The number of H-pyrrole nitrogens is 1. The van der Waals surface area contributed by atoms with Crippen LogP contribution in [0, 0.1) is 11.6 Å². The van der Waals surface area contributed by atoms with E-state index in [9.17, 15) is 13.6 Å². The molecular formula is C30H27Cl5F2N4O2S. The van der Waals surface area contributed by atoms with E-state index >= 15 is 0 Å². The molecule has 2 saturated carbocycles. The van der Waals surface area contributed by atoms with Gasteiger partial charge in [0, 0.05) is 54.9 Å². The predicted molar refractivity (Wildman–Crippen MR) is 175 cm³/mol. The third-order valence-electron chi connectivity index (χ3n) is 7.54. The molecule has 0 saturated heterocycles.